The first kappa shape index (κ1) is 17.9. The zero-order chi connectivity index (χ0) is 18.5. The van der Waals surface area contributed by atoms with E-state index in [0.29, 0.717) is 0 Å². The van der Waals surface area contributed by atoms with Crippen molar-refractivity contribution in [1.29, 1.82) is 0 Å². The minimum atomic E-state index is -0.553. The molecule has 1 nitrogen and oxygen atoms in total. The molecule has 0 spiro atoms. The van der Waals surface area contributed by atoms with Gasteiger partial charge in [0.2, 0.25) is 5.69 Å². The number of benzene rings is 1. The van der Waals surface area contributed by atoms with Crippen LogP contribution in [-0.2, 0) is 18.9 Å². The number of hydrogen-bond acceptors (Lipinski definition) is 0. The standard InChI is InChI=1S/C23H29NSi/c1-9-15(3)17-12-11-16(10-2)19-20(17)23(4,5)21-18(25(7)8)13-14-24(6)22(19)21/h9,11-14H,1,3,10H2,2,4-8H3/q+1. The highest BCUT2D eigenvalue weighted by molar-refractivity contribution is 6.71. The number of aryl methyl sites for hydroxylation is 2. The number of fused-ring (bicyclic) bond motifs is 3. The summed E-state index contributed by atoms with van der Waals surface area (Å²) >= 11 is 0. The van der Waals surface area contributed by atoms with Gasteiger partial charge in [-0.2, -0.15) is 0 Å². The molecule has 0 aliphatic heterocycles. The van der Waals surface area contributed by atoms with E-state index >= 15 is 0 Å². The average molecular weight is 348 g/mol. The Balaban J connectivity index is 2.51. The predicted molar refractivity (Wildman–Crippen MR) is 111 cm³/mol. The molecule has 1 radical (unpaired) electrons. The highest BCUT2D eigenvalue weighted by Gasteiger charge is 2.45. The fourth-order valence-corrected chi connectivity index (χ4v) is 5.70. The van der Waals surface area contributed by atoms with Crippen LogP contribution >= 0.6 is 0 Å². The van der Waals surface area contributed by atoms with Crippen LogP contribution in [0.4, 0.5) is 0 Å². The van der Waals surface area contributed by atoms with E-state index in [1.54, 1.807) is 5.19 Å². The number of allylic oxidation sites excluding steroid dienone is 2. The summed E-state index contributed by atoms with van der Waals surface area (Å²) in [5, 5.41) is 1.55. The molecular weight excluding hydrogens is 318 g/mol. The lowest BCUT2D eigenvalue weighted by atomic mass is 9.78. The van der Waals surface area contributed by atoms with Crippen molar-refractivity contribution >= 4 is 19.6 Å². The molecule has 0 atom stereocenters. The third-order valence-electron chi connectivity index (χ3n) is 5.61. The molecule has 1 aliphatic carbocycles. The Morgan fingerprint density at radius 2 is 1.88 bits per heavy atom. The Morgan fingerprint density at radius 3 is 2.44 bits per heavy atom. The van der Waals surface area contributed by atoms with Gasteiger partial charge in [0.15, 0.2) is 6.20 Å². The van der Waals surface area contributed by atoms with Gasteiger partial charge in [-0.3, -0.25) is 0 Å². The molecule has 0 fully saturated rings. The van der Waals surface area contributed by atoms with E-state index in [1.165, 1.54) is 33.5 Å². The van der Waals surface area contributed by atoms with Crippen LogP contribution in [0.25, 0.3) is 16.8 Å². The van der Waals surface area contributed by atoms with E-state index in [0.717, 1.165) is 12.0 Å². The summed E-state index contributed by atoms with van der Waals surface area (Å²) in [5.74, 6) is 0. The third kappa shape index (κ3) is 2.46. The Labute approximate surface area is 154 Å². The lowest BCUT2D eigenvalue weighted by Gasteiger charge is -2.26. The van der Waals surface area contributed by atoms with Gasteiger partial charge in [0.1, 0.15) is 7.05 Å². The first-order chi connectivity index (χ1) is 11.8. The smallest absolute Gasteiger partial charge is 0.201 e. The Kier molecular flexibility index (Phi) is 4.36. The third-order valence-corrected chi connectivity index (χ3v) is 7.11. The monoisotopic (exact) mass is 347 g/mol. The summed E-state index contributed by atoms with van der Waals surface area (Å²) in [6.45, 7) is 20.0. The minimum absolute atomic E-state index is 0.0204. The molecule has 2 heteroatoms. The molecule has 0 saturated carbocycles. The minimum Gasteiger partial charge on any atom is -0.201 e. The maximum atomic E-state index is 4.27. The largest absolute Gasteiger partial charge is 0.216 e. The summed E-state index contributed by atoms with van der Waals surface area (Å²) in [4.78, 5) is 0. The van der Waals surface area contributed by atoms with Gasteiger partial charge >= 0.3 is 0 Å². The van der Waals surface area contributed by atoms with Gasteiger partial charge in [-0.15, -0.1) is 0 Å². The maximum absolute atomic E-state index is 4.27. The lowest BCUT2D eigenvalue weighted by molar-refractivity contribution is -0.660. The van der Waals surface area contributed by atoms with Gasteiger partial charge in [0.05, 0.1) is 14.4 Å². The maximum Gasteiger partial charge on any atom is 0.216 e. The summed E-state index contributed by atoms with van der Waals surface area (Å²) < 4.78 is 2.32. The van der Waals surface area contributed by atoms with Crippen LogP contribution in [0.1, 0.15) is 43.0 Å². The van der Waals surface area contributed by atoms with Crippen LogP contribution in [0, 0.1) is 0 Å². The van der Waals surface area contributed by atoms with Crippen molar-refractivity contribution in [3.8, 4) is 11.3 Å². The Bertz CT molecular complexity index is 887. The van der Waals surface area contributed by atoms with E-state index in [1.807, 2.05) is 6.08 Å². The van der Waals surface area contributed by atoms with Crippen LogP contribution < -0.4 is 9.75 Å². The average Bonchev–Trinajstić information content (AvgIpc) is 2.83. The molecule has 0 unspecified atom stereocenters. The van der Waals surface area contributed by atoms with Crippen LogP contribution in [0.15, 0.2) is 43.6 Å². The fourth-order valence-electron chi connectivity index (χ4n) is 4.36. The van der Waals surface area contributed by atoms with Gasteiger partial charge in [-0.05, 0) is 33.9 Å². The Morgan fingerprint density at radius 1 is 1.20 bits per heavy atom. The van der Waals surface area contributed by atoms with Gasteiger partial charge in [0.25, 0.3) is 0 Å². The fraction of sp³-hybridized carbons (Fsp3) is 0.348. The molecule has 1 aliphatic rings. The quantitative estimate of drug-likeness (QED) is 0.434. The molecule has 3 rings (SSSR count). The number of rotatable bonds is 4. The Hall–Kier alpha value is -1.93. The van der Waals surface area contributed by atoms with E-state index in [9.17, 15) is 0 Å². The van der Waals surface area contributed by atoms with Crippen molar-refractivity contribution in [3.05, 3.63) is 65.9 Å². The predicted octanol–water partition coefficient (Wildman–Crippen LogP) is 4.54. The second-order valence-corrected chi connectivity index (χ2v) is 10.3. The molecular formula is C23H29NSi+. The molecule has 0 saturated heterocycles. The second kappa shape index (κ2) is 6.10. The second-order valence-electron chi connectivity index (χ2n) is 7.79. The lowest BCUT2D eigenvalue weighted by Crippen LogP contribution is -2.40. The van der Waals surface area contributed by atoms with Crippen molar-refractivity contribution < 1.29 is 4.57 Å². The van der Waals surface area contributed by atoms with Crippen molar-refractivity contribution in [2.45, 2.75) is 45.7 Å². The van der Waals surface area contributed by atoms with E-state index in [-0.39, 0.29) is 5.41 Å². The van der Waals surface area contributed by atoms with Gasteiger partial charge < -0.3 is 0 Å². The molecule has 129 valence electrons. The van der Waals surface area contributed by atoms with Crippen LogP contribution in [0.2, 0.25) is 13.1 Å². The van der Waals surface area contributed by atoms with Crippen LogP contribution in [0.3, 0.4) is 0 Å². The normalized spacial score (nSPS) is 14.4. The zero-order valence-electron chi connectivity index (χ0n) is 16.5. The molecule has 0 amide bonds. The molecule has 25 heavy (non-hydrogen) atoms. The molecule has 0 bridgehead atoms. The van der Waals surface area contributed by atoms with Crippen molar-refractivity contribution in [1.82, 2.24) is 0 Å². The highest BCUT2D eigenvalue weighted by Crippen LogP contribution is 2.50. The molecule has 1 aromatic heterocycles. The van der Waals surface area contributed by atoms with E-state index in [4.69, 9.17) is 0 Å². The number of nitrogens with zero attached hydrogens (tertiary/aromatic N) is 1. The summed E-state index contributed by atoms with van der Waals surface area (Å²) in [5.41, 5.74) is 9.44. The van der Waals surface area contributed by atoms with Gasteiger partial charge in [0, 0.05) is 17.0 Å². The summed E-state index contributed by atoms with van der Waals surface area (Å²) in [6.07, 6.45) is 5.17. The molecule has 1 aromatic carbocycles. The summed E-state index contributed by atoms with van der Waals surface area (Å²) in [7, 11) is 1.63. The number of hydrogen-bond donors (Lipinski definition) is 0. The van der Waals surface area contributed by atoms with Crippen LogP contribution in [0.5, 0.6) is 0 Å². The van der Waals surface area contributed by atoms with Crippen molar-refractivity contribution in [2.24, 2.45) is 7.05 Å². The topological polar surface area (TPSA) is 3.88 Å². The molecule has 0 N–H and O–H groups in total. The first-order valence-electron chi connectivity index (χ1n) is 9.07. The zero-order valence-corrected chi connectivity index (χ0v) is 17.5. The number of aromatic nitrogens is 1. The molecule has 1 heterocycles. The molecule has 2 aromatic rings. The highest BCUT2D eigenvalue weighted by atomic mass is 28.3. The number of pyridine rings is 1. The van der Waals surface area contributed by atoms with E-state index in [2.05, 4.69) is 83.0 Å². The van der Waals surface area contributed by atoms with Crippen molar-refractivity contribution in [2.75, 3.05) is 0 Å². The van der Waals surface area contributed by atoms with Crippen molar-refractivity contribution in [3.63, 3.8) is 0 Å². The SMILES string of the molecule is C=CC(=C)c1ccc(CC)c2c1C(C)(C)c1c([Si](C)C)cc[n+](C)c1-2. The van der Waals surface area contributed by atoms with E-state index < -0.39 is 8.80 Å². The summed E-state index contributed by atoms with van der Waals surface area (Å²) in [6, 6.07) is 6.87. The first-order valence-corrected chi connectivity index (χ1v) is 11.6. The van der Waals surface area contributed by atoms with Gasteiger partial charge in [-0.25, -0.2) is 4.57 Å². The van der Waals surface area contributed by atoms with Crippen LogP contribution in [-0.4, -0.2) is 8.80 Å². The van der Waals surface area contributed by atoms with Gasteiger partial charge in [-0.1, -0.05) is 65.2 Å².